The Labute approximate surface area is 166 Å². The maximum atomic E-state index is 13.1. The third-order valence-corrected chi connectivity index (χ3v) is 6.14. The SMILES string of the molecule is CS(=O)(=O)c1ccc(-n2cc(/C=C/C(=O)O)nc(N3CC4(COC4)C3)c2=O)cc1. The van der Waals surface area contributed by atoms with E-state index < -0.39 is 15.8 Å². The normalized spacial score (nSPS) is 17.9. The third-order valence-electron chi connectivity index (χ3n) is 5.01. The fourth-order valence-corrected chi connectivity index (χ4v) is 4.10. The maximum Gasteiger partial charge on any atom is 0.328 e. The number of hydrogen-bond donors (Lipinski definition) is 1. The Kier molecular flexibility index (Phi) is 4.55. The summed E-state index contributed by atoms with van der Waals surface area (Å²) in [6.07, 6.45) is 4.81. The first kappa shape index (κ1) is 19.3. The minimum atomic E-state index is -3.36. The molecule has 10 heteroatoms. The van der Waals surface area contributed by atoms with Gasteiger partial charge in [0.25, 0.3) is 5.56 Å². The lowest BCUT2D eigenvalue weighted by Gasteiger charge is -2.55. The molecule has 0 unspecified atom stereocenters. The van der Waals surface area contributed by atoms with Gasteiger partial charge in [-0.3, -0.25) is 9.36 Å². The molecule has 0 saturated carbocycles. The standard InChI is InChI=1S/C19H19N3O6S/c1-29(26,27)15-5-3-14(4-6-15)22-8-13(2-7-16(23)24)20-17(18(22)25)21-9-19(10-21)11-28-12-19/h2-8H,9-12H2,1H3,(H,23,24)/b7-2+. The van der Waals surface area contributed by atoms with Crippen LogP contribution in [0.15, 0.2) is 46.2 Å². The number of ether oxygens (including phenoxy) is 1. The molecule has 0 bridgehead atoms. The molecule has 4 rings (SSSR count). The number of carbonyl (C=O) groups is 1. The van der Waals surface area contributed by atoms with Crippen molar-refractivity contribution < 1.29 is 23.1 Å². The summed E-state index contributed by atoms with van der Waals surface area (Å²) in [5, 5.41) is 8.90. The topological polar surface area (TPSA) is 119 Å². The Morgan fingerprint density at radius 1 is 1.24 bits per heavy atom. The van der Waals surface area contributed by atoms with Crippen LogP contribution in [0.1, 0.15) is 5.69 Å². The number of benzene rings is 1. The molecule has 2 fully saturated rings. The Morgan fingerprint density at radius 3 is 2.41 bits per heavy atom. The summed E-state index contributed by atoms with van der Waals surface area (Å²) in [5.74, 6) is -0.902. The van der Waals surface area contributed by atoms with E-state index in [1.165, 1.54) is 41.1 Å². The average molecular weight is 417 g/mol. The number of sulfone groups is 1. The van der Waals surface area contributed by atoms with Crippen molar-refractivity contribution in [3.63, 3.8) is 0 Å². The average Bonchev–Trinajstić information content (AvgIpc) is 2.58. The second-order valence-corrected chi connectivity index (χ2v) is 9.47. The Balaban J connectivity index is 1.75. The van der Waals surface area contributed by atoms with Crippen LogP contribution in [0.5, 0.6) is 0 Å². The molecular weight excluding hydrogens is 398 g/mol. The molecule has 0 atom stereocenters. The molecule has 2 aliphatic rings. The summed E-state index contributed by atoms with van der Waals surface area (Å²) >= 11 is 0. The second kappa shape index (κ2) is 6.82. The van der Waals surface area contributed by atoms with Crippen LogP contribution in [0.2, 0.25) is 0 Å². The molecule has 1 N–H and O–H groups in total. The van der Waals surface area contributed by atoms with Gasteiger partial charge in [-0.1, -0.05) is 0 Å². The minimum Gasteiger partial charge on any atom is -0.478 e. The lowest BCUT2D eigenvalue weighted by molar-refractivity contribution is -0.131. The summed E-state index contributed by atoms with van der Waals surface area (Å²) in [4.78, 5) is 30.3. The van der Waals surface area contributed by atoms with E-state index in [2.05, 4.69) is 4.98 Å². The number of nitrogens with zero attached hydrogens (tertiary/aromatic N) is 3. The molecule has 3 heterocycles. The smallest absolute Gasteiger partial charge is 0.328 e. The van der Waals surface area contributed by atoms with Crippen molar-refractivity contribution in [3.05, 3.63) is 52.6 Å². The largest absolute Gasteiger partial charge is 0.478 e. The van der Waals surface area contributed by atoms with Crippen LogP contribution in [-0.4, -0.2) is 61.6 Å². The van der Waals surface area contributed by atoms with Crippen molar-refractivity contribution in [2.75, 3.05) is 37.5 Å². The zero-order valence-electron chi connectivity index (χ0n) is 15.6. The fraction of sp³-hybridized carbons (Fsp3) is 0.316. The first-order valence-electron chi connectivity index (χ1n) is 8.85. The van der Waals surface area contributed by atoms with E-state index in [0.717, 1.165) is 12.3 Å². The van der Waals surface area contributed by atoms with Crippen LogP contribution in [0.25, 0.3) is 11.8 Å². The quantitative estimate of drug-likeness (QED) is 0.702. The van der Waals surface area contributed by atoms with E-state index in [0.29, 0.717) is 37.7 Å². The van der Waals surface area contributed by atoms with Gasteiger partial charge in [0.05, 0.1) is 29.2 Å². The molecule has 29 heavy (non-hydrogen) atoms. The molecule has 1 aromatic heterocycles. The van der Waals surface area contributed by atoms with Gasteiger partial charge in [-0.25, -0.2) is 18.2 Å². The first-order valence-corrected chi connectivity index (χ1v) is 10.7. The number of hydrogen-bond acceptors (Lipinski definition) is 7. The molecule has 0 radical (unpaired) electrons. The lowest BCUT2D eigenvalue weighted by Crippen LogP contribution is -2.67. The molecule has 2 saturated heterocycles. The molecule has 2 aromatic rings. The van der Waals surface area contributed by atoms with Gasteiger partial charge in [0.15, 0.2) is 15.7 Å². The number of rotatable bonds is 5. The highest BCUT2D eigenvalue weighted by atomic mass is 32.2. The van der Waals surface area contributed by atoms with E-state index in [4.69, 9.17) is 9.84 Å². The fourth-order valence-electron chi connectivity index (χ4n) is 3.47. The van der Waals surface area contributed by atoms with Gasteiger partial charge < -0.3 is 14.7 Å². The van der Waals surface area contributed by atoms with E-state index in [1.54, 1.807) is 0 Å². The van der Waals surface area contributed by atoms with Crippen molar-refractivity contribution in [3.8, 4) is 5.69 Å². The zero-order valence-corrected chi connectivity index (χ0v) is 16.4. The van der Waals surface area contributed by atoms with Crippen molar-refractivity contribution in [1.82, 2.24) is 9.55 Å². The highest BCUT2D eigenvalue weighted by Crippen LogP contribution is 2.38. The summed E-state index contributed by atoms with van der Waals surface area (Å²) in [6.45, 7) is 2.61. The van der Waals surface area contributed by atoms with Gasteiger partial charge in [0.2, 0.25) is 0 Å². The summed E-state index contributed by atoms with van der Waals surface area (Å²) in [6, 6.07) is 5.91. The van der Waals surface area contributed by atoms with E-state index in [9.17, 15) is 18.0 Å². The van der Waals surface area contributed by atoms with E-state index >= 15 is 0 Å². The van der Waals surface area contributed by atoms with Crippen LogP contribution >= 0.6 is 0 Å². The maximum absolute atomic E-state index is 13.1. The molecule has 1 spiro atoms. The molecule has 9 nitrogen and oxygen atoms in total. The molecule has 1 aromatic carbocycles. The molecule has 0 amide bonds. The Hall–Kier alpha value is -2.98. The molecule has 0 aliphatic carbocycles. The van der Waals surface area contributed by atoms with Crippen molar-refractivity contribution >= 4 is 27.7 Å². The number of aliphatic carboxylic acids is 1. The van der Waals surface area contributed by atoms with Gasteiger partial charge in [0.1, 0.15) is 0 Å². The predicted molar refractivity (Wildman–Crippen MR) is 105 cm³/mol. The first-order chi connectivity index (χ1) is 13.7. The van der Waals surface area contributed by atoms with Gasteiger partial charge in [0, 0.05) is 37.3 Å². The minimum absolute atomic E-state index is 0.0724. The monoisotopic (exact) mass is 417 g/mol. The van der Waals surface area contributed by atoms with Crippen molar-refractivity contribution in [1.29, 1.82) is 0 Å². The lowest BCUT2D eigenvalue weighted by atomic mass is 9.78. The highest BCUT2D eigenvalue weighted by molar-refractivity contribution is 7.90. The van der Waals surface area contributed by atoms with Crippen LogP contribution in [0.3, 0.4) is 0 Å². The van der Waals surface area contributed by atoms with Gasteiger partial charge in [-0.05, 0) is 30.3 Å². The van der Waals surface area contributed by atoms with Crippen molar-refractivity contribution in [2.45, 2.75) is 4.90 Å². The van der Waals surface area contributed by atoms with Crippen LogP contribution in [0, 0.1) is 5.41 Å². The van der Waals surface area contributed by atoms with Gasteiger partial charge in [-0.2, -0.15) is 0 Å². The van der Waals surface area contributed by atoms with Gasteiger partial charge >= 0.3 is 5.97 Å². The molecule has 152 valence electrons. The summed E-state index contributed by atoms with van der Waals surface area (Å²) in [7, 11) is -3.36. The van der Waals surface area contributed by atoms with Crippen LogP contribution < -0.4 is 10.5 Å². The molecule has 2 aliphatic heterocycles. The highest BCUT2D eigenvalue weighted by Gasteiger charge is 2.50. The number of aromatic nitrogens is 2. The zero-order chi connectivity index (χ0) is 20.8. The van der Waals surface area contributed by atoms with E-state index in [-0.39, 0.29) is 21.7 Å². The third kappa shape index (κ3) is 3.68. The predicted octanol–water partition coefficient (Wildman–Crippen LogP) is 0.570. The van der Waals surface area contributed by atoms with E-state index in [1.807, 2.05) is 4.90 Å². The number of anilines is 1. The number of carboxylic acid groups (broad SMARTS) is 1. The number of carboxylic acids is 1. The Bertz CT molecular complexity index is 1160. The van der Waals surface area contributed by atoms with Crippen LogP contribution in [0.4, 0.5) is 5.82 Å². The molecular formula is C19H19N3O6S. The second-order valence-electron chi connectivity index (χ2n) is 7.45. The van der Waals surface area contributed by atoms with Crippen LogP contribution in [-0.2, 0) is 19.4 Å². The summed E-state index contributed by atoms with van der Waals surface area (Å²) in [5.41, 5.74) is 0.473. The van der Waals surface area contributed by atoms with Gasteiger partial charge in [-0.15, -0.1) is 0 Å². The Morgan fingerprint density at radius 2 is 1.90 bits per heavy atom. The van der Waals surface area contributed by atoms with Crippen molar-refractivity contribution in [2.24, 2.45) is 5.41 Å². The summed E-state index contributed by atoms with van der Waals surface area (Å²) < 4.78 is 30.0.